The van der Waals surface area contributed by atoms with Crippen molar-refractivity contribution in [3.63, 3.8) is 0 Å². The Kier molecular flexibility index (Phi) is 19.8. The van der Waals surface area contributed by atoms with Crippen LogP contribution in [-0.2, 0) is 55.6 Å². The first-order valence-electron chi connectivity index (χ1n) is 21.0. The van der Waals surface area contributed by atoms with Crippen molar-refractivity contribution in [3.05, 3.63) is 213 Å². The molecule has 1 N–H and O–H groups in total. The van der Waals surface area contributed by atoms with Gasteiger partial charge in [-0.3, -0.25) is 13.6 Å². The van der Waals surface area contributed by atoms with Crippen LogP contribution in [0.1, 0.15) is 74.2 Å². The third kappa shape index (κ3) is 13.2. The van der Waals surface area contributed by atoms with E-state index in [9.17, 15) is 36.0 Å². The second kappa shape index (κ2) is 25.1. The lowest BCUT2D eigenvalue weighted by atomic mass is 9.79. The molecule has 392 valence electrons. The minimum absolute atomic E-state index is 0. The fraction of sp³-hybridized carbons (Fsp3) is 0.250. The van der Waals surface area contributed by atoms with Crippen LogP contribution >= 0.6 is 31.0 Å². The molecule has 0 bridgehead atoms. The van der Waals surface area contributed by atoms with Gasteiger partial charge in [0.25, 0.3) is 0 Å². The van der Waals surface area contributed by atoms with Crippen LogP contribution < -0.4 is 0 Å². The first-order valence-corrected chi connectivity index (χ1v) is 23.2. The number of phosphoric acid groups is 1. The molecule has 0 unspecified atom stereocenters. The molecule has 0 amide bonds. The lowest BCUT2D eigenvalue weighted by molar-refractivity contribution is -0.0330. The maximum atomic E-state index is 15.8. The van der Waals surface area contributed by atoms with Crippen LogP contribution in [0, 0.1) is 46.5 Å². The zero-order valence-corrected chi connectivity index (χ0v) is 39.7. The van der Waals surface area contributed by atoms with Crippen LogP contribution in [0.4, 0.5) is 35.1 Å². The quantitative estimate of drug-likeness (QED) is 0.0634. The highest BCUT2D eigenvalue weighted by molar-refractivity contribution is 7.48. The molecule has 4 atom stereocenters. The first-order chi connectivity index (χ1) is 34.3. The van der Waals surface area contributed by atoms with E-state index in [1.807, 2.05) is 0 Å². The standard InChI is InChI=1S/C30H23Cl2F5N5O4P.C16H14F3N5O.2CH4/c1-18(29-28(37)11-38-15-40-29)30(14-42-17-39-16-41-42,22-9-8-19(33)10-27(22)36)46-47(43,44-12-20-23(31)4-2-6-25(20)34)45-13-21-24(32)5-3-7-26(21)35;1-10(15-14(19)5-20-7-22-15)16(25,6-24-9-21-8-23-24)12-3-2-11(17)4-13(12)18;;/h2-11,15-18H,12-14H2,1H3;2-5,7-10,25H,6H2,1H3;2*1H4/t18-,30+;10-,16+;;/m00../s1. The van der Waals surface area contributed by atoms with Crippen LogP contribution in [0.15, 0.2) is 123 Å². The van der Waals surface area contributed by atoms with E-state index in [2.05, 4.69) is 40.1 Å². The molecule has 74 heavy (non-hydrogen) atoms. The predicted molar refractivity (Wildman–Crippen MR) is 254 cm³/mol. The summed E-state index contributed by atoms with van der Waals surface area (Å²) in [4.78, 5) is 22.7. The lowest BCUT2D eigenvalue weighted by Gasteiger charge is -2.40. The number of hydrogen-bond donors (Lipinski definition) is 1. The number of rotatable bonds is 18. The van der Waals surface area contributed by atoms with E-state index >= 15 is 8.78 Å². The van der Waals surface area contributed by atoms with E-state index in [1.165, 1.54) is 61.8 Å². The van der Waals surface area contributed by atoms with E-state index in [-0.39, 0.29) is 59.5 Å². The Bertz CT molecular complexity index is 3090. The number of phosphoric ester groups is 1. The maximum Gasteiger partial charge on any atom is 0.476 e. The molecule has 4 heterocycles. The van der Waals surface area contributed by atoms with Gasteiger partial charge in [-0.15, -0.1) is 0 Å². The Morgan fingerprint density at radius 3 is 1.49 bits per heavy atom. The van der Waals surface area contributed by atoms with Gasteiger partial charge in [0.2, 0.25) is 0 Å². The Labute approximate surface area is 428 Å². The summed E-state index contributed by atoms with van der Waals surface area (Å²) < 4.78 is 151. The maximum absolute atomic E-state index is 15.8. The highest BCUT2D eigenvalue weighted by Crippen LogP contribution is 2.60. The Hall–Kier alpha value is -6.59. The molecule has 26 heteroatoms. The fourth-order valence-corrected chi connectivity index (χ4v) is 9.41. The van der Waals surface area contributed by atoms with Gasteiger partial charge in [0.1, 0.15) is 84.1 Å². The highest BCUT2D eigenvalue weighted by Gasteiger charge is 2.51. The minimum Gasteiger partial charge on any atom is -0.382 e. The fourth-order valence-electron chi connectivity index (χ4n) is 7.50. The summed E-state index contributed by atoms with van der Waals surface area (Å²) in [6.45, 7) is 0.394. The molecule has 0 aliphatic carbocycles. The summed E-state index contributed by atoms with van der Waals surface area (Å²) in [5.41, 5.74) is -5.93. The third-order valence-electron chi connectivity index (χ3n) is 11.3. The summed E-state index contributed by atoms with van der Waals surface area (Å²) in [7, 11) is -5.19. The van der Waals surface area contributed by atoms with Crippen molar-refractivity contribution in [2.75, 3.05) is 0 Å². The van der Waals surface area contributed by atoms with Crippen molar-refractivity contribution < 1.29 is 58.4 Å². The van der Waals surface area contributed by atoms with Crippen LogP contribution in [-0.4, -0.2) is 54.6 Å². The second-order valence-corrected chi connectivity index (χ2v) is 18.1. The van der Waals surface area contributed by atoms with Gasteiger partial charge >= 0.3 is 7.82 Å². The molecule has 0 saturated carbocycles. The molecular weight excluding hydrogens is 1050 g/mol. The molecular formula is C48H45Cl2F8N10O5P. The van der Waals surface area contributed by atoms with Crippen molar-refractivity contribution in [3.8, 4) is 0 Å². The molecule has 0 fully saturated rings. The van der Waals surface area contributed by atoms with Crippen LogP contribution in [0.3, 0.4) is 0 Å². The van der Waals surface area contributed by atoms with Crippen molar-refractivity contribution in [1.82, 2.24) is 49.5 Å². The van der Waals surface area contributed by atoms with Gasteiger partial charge in [-0.1, -0.05) is 76.2 Å². The van der Waals surface area contributed by atoms with E-state index < -0.39 is 103 Å². The van der Waals surface area contributed by atoms with Gasteiger partial charge < -0.3 is 5.11 Å². The average molecular weight is 1100 g/mol. The summed E-state index contributed by atoms with van der Waals surface area (Å²) in [5.74, 6) is -9.67. The zero-order valence-electron chi connectivity index (χ0n) is 37.3. The van der Waals surface area contributed by atoms with Crippen LogP contribution in [0.5, 0.6) is 0 Å². The minimum atomic E-state index is -5.19. The van der Waals surface area contributed by atoms with Crippen molar-refractivity contribution in [2.24, 2.45) is 0 Å². The number of nitrogens with zero attached hydrogens (tertiary/aromatic N) is 10. The average Bonchev–Trinajstić information content (AvgIpc) is 4.06. The van der Waals surface area contributed by atoms with Gasteiger partial charge in [0, 0.05) is 56.3 Å². The van der Waals surface area contributed by atoms with E-state index in [0.29, 0.717) is 12.1 Å². The van der Waals surface area contributed by atoms with Crippen molar-refractivity contribution >= 4 is 31.0 Å². The largest absolute Gasteiger partial charge is 0.476 e. The summed E-state index contributed by atoms with van der Waals surface area (Å²) >= 11 is 12.3. The first kappa shape index (κ1) is 58.3. The molecule has 15 nitrogen and oxygen atoms in total. The van der Waals surface area contributed by atoms with E-state index in [4.69, 9.17) is 36.8 Å². The van der Waals surface area contributed by atoms with Gasteiger partial charge in [0.05, 0.1) is 50.1 Å². The number of aromatic nitrogens is 10. The molecule has 8 rings (SSSR count). The highest BCUT2D eigenvalue weighted by atomic mass is 35.5. The normalized spacial score (nSPS) is 13.8. The molecule has 0 saturated heterocycles. The van der Waals surface area contributed by atoms with Gasteiger partial charge in [-0.2, -0.15) is 10.2 Å². The molecule has 0 radical (unpaired) electrons. The Morgan fingerprint density at radius 1 is 0.595 bits per heavy atom. The van der Waals surface area contributed by atoms with Crippen molar-refractivity contribution in [2.45, 2.75) is 78.0 Å². The smallest absolute Gasteiger partial charge is 0.382 e. The molecule has 0 aliphatic heterocycles. The van der Waals surface area contributed by atoms with Gasteiger partial charge in [-0.25, -0.2) is 79.0 Å². The predicted octanol–water partition coefficient (Wildman–Crippen LogP) is 11.8. The summed E-state index contributed by atoms with van der Waals surface area (Å²) in [5, 5.41) is 19.0. The van der Waals surface area contributed by atoms with Crippen LogP contribution in [0.2, 0.25) is 10.0 Å². The number of aliphatic hydroxyl groups is 1. The van der Waals surface area contributed by atoms with Crippen molar-refractivity contribution in [1.29, 1.82) is 0 Å². The molecule has 4 aromatic heterocycles. The van der Waals surface area contributed by atoms with Gasteiger partial charge in [0.15, 0.2) is 11.6 Å². The molecule has 4 aromatic carbocycles. The second-order valence-electron chi connectivity index (χ2n) is 15.7. The monoisotopic (exact) mass is 1090 g/mol. The van der Waals surface area contributed by atoms with E-state index in [1.54, 1.807) is 0 Å². The zero-order chi connectivity index (χ0) is 51.8. The molecule has 8 aromatic rings. The lowest BCUT2D eigenvalue weighted by Crippen LogP contribution is -2.41. The number of hydrogen-bond acceptors (Lipinski definition) is 13. The molecule has 0 spiro atoms. The Morgan fingerprint density at radius 2 is 1.05 bits per heavy atom. The Balaban J connectivity index is 0.000000317. The number of halogens is 10. The van der Waals surface area contributed by atoms with Crippen LogP contribution in [0.25, 0.3) is 0 Å². The van der Waals surface area contributed by atoms with Gasteiger partial charge in [-0.05, 0) is 36.4 Å². The topological polar surface area (TPSA) is 178 Å². The third-order valence-corrected chi connectivity index (χ3v) is 13.4. The SMILES string of the molecule is C.C.C[C@@H](c1ncncc1F)[C@@](Cn1cncn1)(OP(=O)(OCc1c(F)cccc1Cl)OCc1c(F)cccc1Cl)c1ccc(F)cc1F.C[C@@H](c1ncncc1F)[C@](O)(Cn1cncn1)c1ccc(F)cc1F. The summed E-state index contributed by atoms with van der Waals surface area (Å²) in [6, 6.07) is 12.7. The molecule has 0 aliphatic rings. The number of benzene rings is 4. The summed E-state index contributed by atoms with van der Waals surface area (Å²) in [6.07, 6.45) is 8.85. The van der Waals surface area contributed by atoms with E-state index in [0.717, 1.165) is 72.5 Å².